The number of hydrogen-bond acceptors (Lipinski definition) is 4. The van der Waals surface area contributed by atoms with E-state index in [0.29, 0.717) is 6.42 Å². The Balaban J connectivity index is 0.000000326. The van der Waals surface area contributed by atoms with Crippen LogP contribution < -0.4 is 10.6 Å². The van der Waals surface area contributed by atoms with Gasteiger partial charge in [0.05, 0.1) is 11.1 Å². The zero-order valence-electron chi connectivity index (χ0n) is 14.8. The summed E-state index contributed by atoms with van der Waals surface area (Å²) in [4.78, 5) is 27.7. The van der Waals surface area contributed by atoms with Crippen molar-refractivity contribution in [2.75, 3.05) is 18.0 Å². The maximum absolute atomic E-state index is 11.0. The van der Waals surface area contributed by atoms with Crippen LogP contribution in [0.5, 0.6) is 0 Å². The molecule has 1 aromatic heterocycles. The lowest BCUT2D eigenvalue weighted by Gasteiger charge is -2.20. The number of benzene rings is 1. The molecule has 0 aliphatic carbocycles. The SMILES string of the molecule is CCCC(N)=O.Cc1cc(N2CCCC2)c2ccc(C(=O)O)cc2n1. The number of nitrogens with zero attached hydrogens (tertiary/aromatic N) is 2. The van der Waals surface area contributed by atoms with Crippen molar-refractivity contribution in [1.29, 1.82) is 0 Å². The highest BCUT2D eigenvalue weighted by molar-refractivity contribution is 5.97. The van der Waals surface area contributed by atoms with Gasteiger partial charge < -0.3 is 15.7 Å². The molecule has 6 heteroatoms. The van der Waals surface area contributed by atoms with Gasteiger partial charge in [-0.1, -0.05) is 6.92 Å². The summed E-state index contributed by atoms with van der Waals surface area (Å²) in [6.45, 7) is 6.01. The predicted octanol–water partition coefficient (Wildman–Crippen LogP) is 3.11. The number of nitrogens with two attached hydrogens (primary N) is 1. The van der Waals surface area contributed by atoms with Gasteiger partial charge in [-0.3, -0.25) is 9.78 Å². The second kappa shape index (κ2) is 8.46. The summed E-state index contributed by atoms with van der Waals surface area (Å²) in [5, 5.41) is 10.1. The second-order valence-corrected chi connectivity index (χ2v) is 6.23. The number of hydrogen-bond donors (Lipinski definition) is 2. The monoisotopic (exact) mass is 343 g/mol. The Morgan fingerprint density at radius 1 is 1.24 bits per heavy atom. The number of primary amides is 1. The summed E-state index contributed by atoms with van der Waals surface area (Å²) in [6, 6.07) is 7.28. The molecule has 1 aliphatic heterocycles. The standard InChI is InChI=1S/C15H16N2O2.C4H9NO/c1-10-8-14(17-6-2-3-7-17)12-5-4-11(15(18)19)9-13(12)16-10;1-2-3-4(5)6/h4-5,8-9H,2-3,6-7H2,1H3,(H,18,19);2-3H2,1H3,(H2,5,6). The van der Waals surface area contributed by atoms with E-state index < -0.39 is 5.97 Å². The smallest absolute Gasteiger partial charge is 0.335 e. The van der Waals surface area contributed by atoms with Crippen LogP contribution in [0, 0.1) is 6.92 Å². The van der Waals surface area contributed by atoms with Gasteiger partial charge in [0.15, 0.2) is 0 Å². The van der Waals surface area contributed by atoms with Crippen LogP contribution in [0.2, 0.25) is 0 Å². The molecule has 3 rings (SSSR count). The normalized spacial score (nSPS) is 13.4. The average molecular weight is 343 g/mol. The molecule has 0 radical (unpaired) electrons. The van der Waals surface area contributed by atoms with Crippen LogP contribution in [0.25, 0.3) is 10.9 Å². The van der Waals surface area contributed by atoms with Crippen molar-refractivity contribution in [2.24, 2.45) is 5.73 Å². The highest BCUT2D eigenvalue weighted by Crippen LogP contribution is 2.29. The fraction of sp³-hybridized carbons (Fsp3) is 0.421. The maximum Gasteiger partial charge on any atom is 0.335 e. The number of carboxylic acids is 1. The topological polar surface area (TPSA) is 96.5 Å². The molecule has 0 saturated carbocycles. The molecule has 0 spiro atoms. The first-order chi connectivity index (χ1) is 11.9. The summed E-state index contributed by atoms with van der Waals surface area (Å²) >= 11 is 0. The molecule has 1 fully saturated rings. The molecule has 0 bridgehead atoms. The van der Waals surface area contributed by atoms with Gasteiger partial charge in [0.1, 0.15) is 0 Å². The van der Waals surface area contributed by atoms with E-state index in [1.54, 1.807) is 12.1 Å². The highest BCUT2D eigenvalue weighted by atomic mass is 16.4. The minimum atomic E-state index is -0.909. The molecule has 1 saturated heterocycles. The maximum atomic E-state index is 11.0. The number of carbonyl (C=O) groups excluding carboxylic acids is 1. The van der Waals surface area contributed by atoms with Gasteiger partial charge in [-0.25, -0.2) is 4.79 Å². The van der Waals surface area contributed by atoms with Gasteiger partial charge in [0.25, 0.3) is 0 Å². The largest absolute Gasteiger partial charge is 0.478 e. The number of carboxylic acid groups (broad SMARTS) is 1. The molecule has 0 unspecified atom stereocenters. The average Bonchev–Trinajstić information content (AvgIpc) is 3.08. The molecular weight excluding hydrogens is 318 g/mol. The third-order valence-electron chi connectivity index (χ3n) is 4.11. The summed E-state index contributed by atoms with van der Waals surface area (Å²) in [6.07, 6.45) is 3.81. The Morgan fingerprint density at radius 2 is 1.92 bits per heavy atom. The molecule has 2 heterocycles. The van der Waals surface area contributed by atoms with Crippen molar-refractivity contribution in [3.63, 3.8) is 0 Å². The van der Waals surface area contributed by atoms with E-state index in [1.165, 1.54) is 18.5 Å². The Morgan fingerprint density at radius 3 is 2.44 bits per heavy atom. The zero-order chi connectivity index (χ0) is 18.4. The third kappa shape index (κ3) is 4.92. The van der Waals surface area contributed by atoms with Crippen LogP contribution in [0.4, 0.5) is 5.69 Å². The van der Waals surface area contributed by atoms with Gasteiger partial charge >= 0.3 is 5.97 Å². The molecule has 2 aromatic rings. The number of amides is 1. The molecular formula is C19H25N3O3. The number of rotatable bonds is 4. The molecule has 1 aliphatic rings. The summed E-state index contributed by atoms with van der Waals surface area (Å²) in [5.41, 5.74) is 7.92. The number of fused-ring (bicyclic) bond motifs is 1. The fourth-order valence-corrected chi connectivity index (χ4v) is 2.94. The number of aromatic nitrogens is 1. The third-order valence-corrected chi connectivity index (χ3v) is 4.11. The quantitative estimate of drug-likeness (QED) is 0.889. The van der Waals surface area contributed by atoms with Crippen molar-refractivity contribution >= 4 is 28.5 Å². The molecule has 1 amide bonds. The summed E-state index contributed by atoms with van der Waals surface area (Å²) < 4.78 is 0. The van der Waals surface area contributed by atoms with Crippen LogP contribution in [-0.2, 0) is 4.79 Å². The van der Waals surface area contributed by atoms with Crippen molar-refractivity contribution in [1.82, 2.24) is 4.98 Å². The zero-order valence-corrected chi connectivity index (χ0v) is 14.8. The summed E-state index contributed by atoms with van der Waals surface area (Å²) in [5.74, 6) is -1.12. The van der Waals surface area contributed by atoms with E-state index in [2.05, 4.69) is 16.0 Å². The van der Waals surface area contributed by atoms with Crippen LogP contribution in [0.3, 0.4) is 0 Å². The lowest BCUT2D eigenvalue weighted by molar-refractivity contribution is -0.118. The Bertz CT molecular complexity index is 768. The van der Waals surface area contributed by atoms with Crippen molar-refractivity contribution in [3.05, 3.63) is 35.5 Å². The van der Waals surface area contributed by atoms with Crippen LogP contribution >= 0.6 is 0 Å². The summed E-state index contributed by atoms with van der Waals surface area (Å²) in [7, 11) is 0. The predicted molar refractivity (Wildman–Crippen MR) is 99.0 cm³/mol. The lowest BCUT2D eigenvalue weighted by Crippen LogP contribution is -2.18. The van der Waals surface area contributed by atoms with E-state index in [-0.39, 0.29) is 11.5 Å². The van der Waals surface area contributed by atoms with E-state index in [0.717, 1.165) is 36.1 Å². The first kappa shape index (κ1) is 18.7. The number of pyridine rings is 1. The molecule has 1 aromatic carbocycles. The van der Waals surface area contributed by atoms with Crippen LogP contribution in [0.1, 0.15) is 48.7 Å². The van der Waals surface area contributed by atoms with Gasteiger partial charge in [0.2, 0.25) is 5.91 Å². The molecule has 6 nitrogen and oxygen atoms in total. The van der Waals surface area contributed by atoms with Crippen molar-refractivity contribution < 1.29 is 14.7 Å². The number of aromatic carboxylic acids is 1. The first-order valence-corrected chi connectivity index (χ1v) is 8.60. The van der Waals surface area contributed by atoms with Gasteiger partial charge in [-0.05, 0) is 50.5 Å². The van der Waals surface area contributed by atoms with E-state index in [9.17, 15) is 9.59 Å². The highest BCUT2D eigenvalue weighted by Gasteiger charge is 2.16. The van der Waals surface area contributed by atoms with E-state index in [4.69, 9.17) is 10.8 Å². The van der Waals surface area contributed by atoms with E-state index >= 15 is 0 Å². The number of aryl methyl sites for hydroxylation is 1. The Hall–Kier alpha value is -2.63. The lowest BCUT2D eigenvalue weighted by atomic mass is 10.1. The van der Waals surface area contributed by atoms with Crippen molar-refractivity contribution in [3.8, 4) is 0 Å². The first-order valence-electron chi connectivity index (χ1n) is 8.60. The van der Waals surface area contributed by atoms with Crippen molar-refractivity contribution in [2.45, 2.75) is 39.5 Å². The fourth-order valence-electron chi connectivity index (χ4n) is 2.94. The van der Waals surface area contributed by atoms with Gasteiger partial charge in [0, 0.05) is 36.3 Å². The van der Waals surface area contributed by atoms with E-state index in [1.807, 2.05) is 19.9 Å². The number of carbonyl (C=O) groups is 2. The van der Waals surface area contributed by atoms with Gasteiger partial charge in [-0.15, -0.1) is 0 Å². The molecule has 3 N–H and O–H groups in total. The van der Waals surface area contributed by atoms with Crippen LogP contribution in [-0.4, -0.2) is 35.1 Å². The van der Waals surface area contributed by atoms with Crippen LogP contribution in [0.15, 0.2) is 24.3 Å². The Kier molecular flexibility index (Phi) is 6.33. The minimum Gasteiger partial charge on any atom is -0.478 e. The Labute approximate surface area is 147 Å². The minimum absolute atomic E-state index is 0.211. The second-order valence-electron chi connectivity index (χ2n) is 6.23. The molecule has 25 heavy (non-hydrogen) atoms. The number of anilines is 1. The van der Waals surface area contributed by atoms with Gasteiger partial charge in [-0.2, -0.15) is 0 Å². The molecule has 134 valence electrons. The molecule has 0 atom stereocenters.